The quantitative estimate of drug-likeness (QED) is 0.570. The number of nitrogens with zero attached hydrogens (tertiary/aromatic N) is 1. The topological polar surface area (TPSA) is 76.2 Å². The Balaban J connectivity index is 1.94. The van der Waals surface area contributed by atoms with Crippen molar-refractivity contribution in [2.45, 2.75) is 38.8 Å². The summed E-state index contributed by atoms with van der Waals surface area (Å²) in [7, 11) is 3.09. The summed E-state index contributed by atoms with van der Waals surface area (Å²) in [6.45, 7) is 4.70. The van der Waals surface area contributed by atoms with Crippen LogP contribution in [0.1, 0.15) is 38.1 Å². The molecule has 0 unspecified atom stereocenters. The molecular weight excluding hydrogens is 390 g/mol. The number of methoxy groups -OCH3 is 2. The van der Waals surface area contributed by atoms with E-state index in [1.54, 1.807) is 19.2 Å². The SMILES string of the molecule is CCC(CC)(NCc1nc2cc(OC)c(OC)cc2c(=O)[nH]1)c1ccc(Cl)cc1. The van der Waals surface area contributed by atoms with Gasteiger partial charge >= 0.3 is 0 Å². The lowest BCUT2D eigenvalue weighted by Gasteiger charge is -2.33. The van der Waals surface area contributed by atoms with Crippen LogP contribution in [0.2, 0.25) is 5.02 Å². The summed E-state index contributed by atoms with van der Waals surface area (Å²) in [5, 5.41) is 4.76. The lowest BCUT2D eigenvalue weighted by molar-refractivity contribution is 0.302. The van der Waals surface area contributed by atoms with Gasteiger partial charge in [0.25, 0.3) is 5.56 Å². The molecule has 7 heteroatoms. The van der Waals surface area contributed by atoms with Crippen LogP contribution in [0.15, 0.2) is 41.2 Å². The number of benzene rings is 2. The maximum absolute atomic E-state index is 12.6. The molecule has 0 bridgehead atoms. The lowest BCUT2D eigenvalue weighted by Crippen LogP contribution is -2.41. The summed E-state index contributed by atoms with van der Waals surface area (Å²) in [6, 6.07) is 11.2. The third-order valence-corrected chi connectivity index (χ3v) is 5.71. The standard InChI is InChI=1S/C22H26ClN3O3/c1-5-22(6-2,14-7-9-15(23)10-8-14)24-13-20-25-17-12-19(29-4)18(28-3)11-16(17)21(27)26-20/h7-12,24H,5-6,13H2,1-4H3,(H,25,26,27). The highest BCUT2D eigenvalue weighted by Crippen LogP contribution is 2.31. The number of nitrogens with one attached hydrogen (secondary N) is 2. The maximum Gasteiger partial charge on any atom is 0.258 e. The molecular formula is C22H26ClN3O3. The summed E-state index contributed by atoms with van der Waals surface area (Å²) >= 11 is 6.05. The predicted molar refractivity (Wildman–Crippen MR) is 116 cm³/mol. The van der Waals surface area contributed by atoms with Crippen LogP contribution in [0.25, 0.3) is 10.9 Å². The molecule has 1 heterocycles. The Morgan fingerprint density at radius 2 is 1.69 bits per heavy atom. The molecule has 3 rings (SSSR count). The fourth-order valence-electron chi connectivity index (χ4n) is 3.63. The molecule has 0 saturated carbocycles. The first kappa shape index (κ1) is 21.1. The molecule has 0 spiro atoms. The number of hydrogen-bond donors (Lipinski definition) is 2. The lowest BCUT2D eigenvalue weighted by atomic mass is 9.84. The molecule has 0 aliphatic heterocycles. The monoisotopic (exact) mass is 415 g/mol. The first-order valence-electron chi connectivity index (χ1n) is 9.62. The smallest absolute Gasteiger partial charge is 0.258 e. The molecule has 1 aromatic heterocycles. The van der Waals surface area contributed by atoms with E-state index in [0.717, 1.165) is 18.4 Å². The van der Waals surface area contributed by atoms with Crippen LogP contribution in [-0.4, -0.2) is 24.2 Å². The molecule has 0 saturated heterocycles. The summed E-state index contributed by atoms with van der Waals surface area (Å²) < 4.78 is 10.6. The number of fused-ring (bicyclic) bond motifs is 1. The van der Waals surface area contributed by atoms with E-state index in [1.165, 1.54) is 7.11 Å². The van der Waals surface area contributed by atoms with E-state index in [-0.39, 0.29) is 11.1 Å². The highest BCUT2D eigenvalue weighted by atomic mass is 35.5. The van der Waals surface area contributed by atoms with Gasteiger partial charge in [0.2, 0.25) is 0 Å². The summed E-state index contributed by atoms with van der Waals surface area (Å²) in [5.41, 5.74) is 1.27. The van der Waals surface area contributed by atoms with Crippen LogP contribution in [-0.2, 0) is 12.1 Å². The molecule has 0 amide bonds. The second-order valence-electron chi connectivity index (χ2n) is 6.89. The van der Waals surface area contributed by atoms with Crippen molar-refractivity contribution >= 4 is 22.5 Å². The normalized spacial score (nSPS) is 11.6. The highest BCUT2D eigenvalue weighted by molar-refractivity contribution is 6.30. The molecule has 0 radical (unpaired) electrons. The van der Waals surface area contributed by atoms with Crippen molar-refractivity contribution in [1.82, 2.24) is 15.3 Å². The van der Waals surface area contributed by atoms with Crippen LogP contribution in [0.5, 0.6) is 11.5 Å². The minimum absolute atomic E-state index is 0.210. The highest BCUT2D eigenvalue weighted by Gasteiger charge is 2.28. The number of hydrogen-bond acceptors (Lipinski definition) is 5. The predicted octanol–water partition coefficient (Wildman–Crippen LogP) is 4.40. The van der Waals surface area contributed by atoms with E-state index in [2.05, 4.69) is 29.1 Å². The van der Waals surface area contributed by atoms with Gasteiger partial charge in [-0.25, -0.2) is 4.98 Å². The van der Waals surface area contributed by atoms with Crippen LogP contribution in [0.4, 0.5) is 0 Å². The molecule has 29 heavy (non-hydrogen) atoms. The van der Waals surface area contributed by atoms with Crippen molar-refractivity contribution in [2.75, 3.05) is 14.2 Å². The Hall–Kier alpha value is -2.57. The van der Waals surface area contributed by atoms with Gasteiger partial charge < -0.3 is 19.8 Å². The molecule has 2 N–H and O–H groups in total. The number of H-pyrrole nitrogens is 1. The van der Waals surface area contributed by atoms with Crippen molar-refractivity contribution in [3.63, 3.8) is 0 Å². The average molecular weight is 416 g/mol. The minimum atomic E-state index is -0.240. The zero-order valence-corrected chi connectivity index (χ0v) is 17.9. The van der Waals surface area contributed by atoms with Gasteiger partial charge in [0, 0.05) is 16.6 Å². The molecule has 0 aliphatic carbocycles. The Labute approximate surface area is 175 Å². The van der Waals surface area contributed by atoms with Gasteiger partial charge in [0.15, 0.2) is 11.5 Å². The Kier molecular flexibility index (Phi) is 6.45. The van der Waals surface area contributed by atoms with Gasteiger partial charge in [-0.2, -0.15) is 0 Å². The van der Waals surface area contributed by atoms with Crippen molar-refractivity contribution in [2.24, 2.45) is 0 Å². The zero-order valence-electron chi connectivity index (χ0n) is 17.1. The van der Waals surface area contributed by atoms with Gasteiger partial charge in [0.05, 0.1) is 31.7 Å². The molecule has 2 aromatic carbocycles. The number of aromatic nitrogens is 2. The number of rotatable bonds is 8. The van der Waals surface area contributed by atoms with E-state index in [4.69, 9.17) is 21.1 Å². The molecule has 0 atom stereocenters. The first-order chi connectivity index (χ1) is 14.0. The van der Waals surface area contributed by atoms with Crippen LogP contribution in [0, 0.1) is 0 Å². The van der Waals surface area contributed by atoms with Crippen molar-refractivity contribution in [3.05, 3.63) is 63.2 Å². The molecule has 0 fully saturated rings. The third-order valence-electron chi connectivity index (χ3n) is 5.46. The average Bonchev–Trinajstić information content (AvgIpc) is 2.75. The van der Waals surface area contributed by atoms with Gasteiger partial charge in [-0.3, -0.25) is 4.79 Å². The van der Waals surface area contributed by atoms with Gasteiger partial charge in [-0.1, -0.05) is 37.6 Å². The largest absolute Gasteiger partial charge is 0.493 e. The number of halogens is 1. The van der Waals surface area contributed by atoms with Crippen molar-refractivity contribution in [1.29, 1.82) is 0 Å². The second kappa shape index (κ2) is 8.84. The molecule has 6 nitrogen and oxygen atoms in total. The second-order valence-corrected chi connectivity index (χ2v) is 7.32. The Morgan fingerprint density at radius 3 is 2.28 bits per heavy atom. The molecule has 154 valence electrons. The zero-order chi connectivity index (χ0) is 21.0. The van der Waals surface area contributed by atoms with Crippen LogP contribution < -0.4 is 20.3 Å². The third kappa shape index (κ3) is 4.23. The van der Waals surface area contributed by atoms with Gasteiger partial charge in [0.1, 0.15) is 5.82 Å². The summed E-state index contributed by atoms with van der Waals surface area (Å²) in [4.78, 5) is 20.1. The van der Waals surface area contributed by atoms with E-state index < -0.39 is 0 Å². The van der Waals surface area contributed by atoms with Gasteiger partial charge in [-0.05, 0) is 36.6 Å². The van der Waals surface area contributed by atoms with Crippen LogP contribution >= 0.6 is 11.6 Å². The van der Waals surface area contributed by atoms with E-state index >= 15 is 0 Å². The van der Waals surface area contributed by atoms with Crippen LogP contribution in [0.3, 0.4) is 0 Å². The Bertz CT molecular complexity index is 1040. The summed E-state index contributed by atoms with van der Waals surface area (Å²) in [6.07, 6.45) is 1.77. The molecule has 0 aliphatic rings. The van der Waals surface area contributed by atoms with E-state index in [1.807, 2.05) is 24.3 Å². The fourth-order valence-corrected chi connectivity index (χ4v) is 3.76. The summed E-state index contributed by atoms with van der Waals surface area (Å²) in [5.74, 6) is 1.60. The van der Waals surface area contributed by atoms with E-state index in [0.29, 0.717) is 39.8 Å². The van der Waals surface area contributed by atoms with E-state index in [9.17, 15) is 4.79 Å². The minimum Gasteiger partial charge on any atom is -0.493 e. The van der Waals surface area contributed by atoms with Crippen molar-refractivity contribution < 1.29 is 9.47 Å². The Morgan fingerprint density at radius 1 is 1.07 bits per heavy atom. The fraction of sp³-hybridized carbons (Fsp3) is 0.364. The maximum atomic E-state index is 12.6. The number of aromatic amines is 1. The van der Waals surface area contributed by atoms with Crippen molar-refractivity contribution in [3.8, 4) is 11.5 Å². The first-order valence-corrected chi connectivity index (χ1v) is 10.00. The van der Waals surface area contributed by atoms with Gasteiger partial charge in [-0.15, -0.1) is 0 Å². The molecule has 3 aromatic rings. The number of ether oxygens (including phenoxy) is 2.